The van der Waals surface area contributed by atoms with E-state index in [0.29, 0.717) is 75.2 Å². The van der Waals surface area contributed by atoms with Crippen LogP contribution in [0.25, 0.3) is 10.6 Å². The molecule has 0 radical (unpaired) electrons. The molecule has 117 heavy (non-hydrogen) atoms. The monoisotopic (exact) mass is 1670 g/mol. The number of carbonyl (C=O) groups is 11. The predicted octanol–water partition coefficient (Wildman–Crippen LogP) is -6.18. The number of aryl methyl sites for hydroxylation is 1. The Bertz CT molecular complexity index is 3570. The molecule has 0 aliphatic heterocycles. The zero-order valence-corrected chi connectivity index (χ0v) is 67.5. The summed E-state index contributed by atoms with van der Waals surface area (Å²) in [5.74, 6) is -9.80. The second kappa shape index (κ2) is 58.6. The van der Waals surface area contributed by atoms with Crippen LogP contribution in [0.5, 0.6) is 0 Å². The van der Waals surface area contributed by atoms with E-state index in [0.717, 1.165) is 10.6 Å². The summed E-state index contributed by atoms with van der Waals surface area (Å²) < 4.78 is 0. The Hall–Kier alpha value is -12.2. The smallest absolute Gasteiger partial charge is 0.261 e. The van der Waals surface area contributed by atoms with E-state index in [1.54, 1.807) is 25.3 Å². The van der Waals surface area contributed by atoms with Gasteiger partial charge in [-0.25, -0.2) is 9.97 Å². The number of carbonyl (C=O) groups excluding carboxylic acids is 11. The lowest BCUT2D eigenvalue weighted by Crippen LogP contribution is -2.60. The van der Waals surface area contributed by atoms with Crippen LogP contribution in [0.1, 0.15) is 176 Å². The SMILES string of the molecule is Cc1nccc(-c2ccc(C(=O)NCCCCCC(=O)N[C@H](CCCNC(=N)N)C(=O)NCCCCCC(=O)N[C@H](CCCNC(=N)N)C(=O)N[C@H](CCCNC(=N)N)C(=O)N[C@H](CCCNC(=N)N)C(=O)N[C@H](CCCNC(=N)N)C(=O)N[C@H](CCCNC(=N)N)C(=O)N[C@H](CCCNC(=N)N)C(=O)N[C@H](CCCCN)C(N)=O)s2)n1. The van der Waals surface area contributed by atoms with Gasteiger partial charge in [-0.1, -0.05) is 12.8 Å². The first-order chi connectivity index (χ1) is 55.7. The third-order valence-corrected chi connectivity index (χ3v) is 18.7. The van der Waals surface area contributed by atoms with Crippen LogP contribution < -0.4 is 142 Å². The van der Waals surface area contributed by atoms with Crippen LogP contribution in [0, 0.1) is 44.8 Å². The normalized spacial score (nSPS) is 12.8. The minimum Gasteiger partial charge on any atom is -0.370 e. The van der Waals surface area contributed by atoms with Gasteiger partial charge in [0.2, 0.25) is 59.1 Å². The van der Waals surface area contributed by atoms with Crippen molar-refractivity contribution in [2.45, 2.75) is 216 Å². The summed E-state index contributed by atoms with van der Waals surface area (Å²) in [6.45, 7) is 3.18. The van der Waals surface area contributed by atoms with Gasteiger partial charge in [0, 0.05) is 77.9 Å². The van der Waals surface area contributed by atoms with Crippen molar-refractivity contribution >= 4 is 118 Å². The Kier molecular flexibility index (Phi) is 50.5. The van der Waals surface area contributed by atoms with Gasteiger partial charge < -0.3 is 142 Å². The van der Waals surface area contributed by atoms with Crippen LogP contribution in [-0.4, -0.2) is 230 Å². The Labute approximate surface area is 684 Å². The Balaban J connectivity index is 2.38. The molecule has 0 bridgehead atoms. The molecule has 0 fully saturated rings. The van der Waals surface area contributed by atoms with Crippen molar-refractivity contribution in [2.24, 2.45) is 51.6 Å². The van der Waals surface area contributed by atoms with Crippen molar-refractivity contribution in [1.82, 2.24) is 100 Å². The highest BCUT2D eigenvalue weighted by atomic mass is 32.1. The second-order valence-corrected chi connectivity index (χ2v) is 28.6. The highest BCUT2D eigenvalue weighted by Crippen LogP contribution is 2.26. The van der Waals surface area contributed by atoms with Crippen LogP contribution in [0.2, 0.25) is 0 Å². The Morgan fingerprint density at radius 1 is 0.333 bits per heavy atom. The standard InChI is InChI=1S/C70H127N35O11S/c1-41-87-40-29-42(97-41)51-27-28-52(117-51)63(116)89-32-9-3-5-25-53(106)98-44(18-10-33-90-64(73)74)56(109)88-31-8-2-4-26-54(107)99-45(19-11-34-91-65(75)76)57(110)101-47(21-13-36-93-67(79)80)59(112)103-49(23-15-38-95-69(83)84)61(114)105-50(24-16-39-96-70(85)86)62(115)104-48(22-14-37-94-68(81)82)60(113)102-46(20-12-35-92-66(77)78)58(111)100-43(55(72)108)17-6-7-30-71/h27-29,40,43-50H,2-26,30-39,71H2,1H3,(H2,72,108)(H,88,109)(H,89,116)(H,98,106)(H,99,107)(H,100,111)(H,101,110)(H,102,113)(H,103,112)(H,104,115)(H,105,114)(H4,73,74,90)(H4,75,76,91)(H4,77,78,92)(H4,79,80,93)(H4,81,82,94)(H4,83,84,95)(H4,85,86,96)/t43-,44-,45-,46-,47-,48-,49-,50-/m1/s1. The molecule has 2 aromatic rings. The molecule has 0 unspecified atom stereocenters. The molecule has 42 N–H and O–H groups in total. The minimum atomic E-state index is -1.53. The maximum absolute atomic E-state index is 14.8. The van der Waals surface area contributed by atoms with Gasteiger partial charge >= 0.3 is 0 Å². The zero-order chi connectivity index (χ0) is 87.0. The lowest BCUT2D eigenvalue weighted by Gasteiger charge is -2.28. The molecule has 47 heteroatoms. The highest BCUT2D eigenvalue weighted by Gasteiger charge is 2.35. The first kappa shape index (κ1) is 101. The fourth-order valence-corrected chi connectivity index (χ4v) is 12.4. The zero-order valence-electron chi connectivity index (χ0n) is 66.7. The molecule has 2 rings (SSSR count). The van der Waals surface area contributed by atoms with Gasteiger partial charge in [-0.15, -0.1) is 11.3 Å². The quantitative estimate of drug-likeness (QED) is 0.0166. The summed E-state index contributed by atoms with van der Waals surface area (Å²) >= 11 is 1.32. The average Bonchev–Trinajstić information content (AvgIpc) is 1.60. The summed E-state index contributed by atoms with van der Waals surface area (Å²) in [5.41, 5.74) is 50.7. The molecule has 2 heterocycles. The molecule has 0 saturated heterocycles. The largest absolute Gasteiger partial charge is 0.370 e. The van der Waals surface area contributed by atoms with Gasteiger partial charge in [0.05, 0.1) is 15.4 Å². The van der Waals surface area contributed by atoms with Crippen molar-refractivity contribution in [2.75, 3.05) is 65.4 Å². The predicted molar refractivity (Wildman–Crippen MR) is 444 cm³/mol. The van der Waals surface area contributed by atoms with Gasteiger partial charge in [-0.05, 0) is 167 Å². The van der Waals surface area contributed by atoms with E-state index in [-0.39, 0.29) is 191 Å². The number of hydrogen-bond donors (Lipinski definition) is 33. The number of guanidine groups is 7. The van der Waals surface area contributed by atoms with Crippen molar-refractivity contribution in [3.8, 4) is 10.6 Å². The lowest BCUT2D eigenvalue weighted by molar-refractivity contribution is -0.136. The van der Waals surface area contributed by atoms with Crippen LogP contribution in [-0.2, 0) is 47.9 Å². The topological polar surface area (TPSA) is 819 Å². The molecule has 2 aromatic heterocycles. The first-order valence-electron chi connectivity index (χ1n) is 39.1. The Morgan fingerprint density at radius 3 is 0.932 bits per heavy atom. The van der Waals surface area contributed by atoms with Gasteiger partial charge in [0.1, 0.15) is 54.2 Å². The van der Waals surface area contributed by atoms with E-state index < -0.39 is 125 Å². The van der Waals surface area contributed by atoms with E-state index in [9.17, 15) is 52.7 Å². The molecule has 0 saturated carbocycles. The number of nitrogens with two attached hydrogens (primary N) is 9. The lowest BCUT2D eigenvalue weighted by atomic mass is 10.0. The average molecular weight is 1670 g/mol. The maximum atomic E-state index is 14.8. The number of hydrogen-bond acceptors (Lipinski definition) is 22. The number of unbranched alkanes of at least 4 members (excludes halogenated alkanes) is 5. The number of primary amides is 1. The Morgan fingerprint density at radius 2 is 0.624 bits per heavy atom. The summed E-state index contributed by atoms with van der Waals surface area (Å²) in [5, 5.41) is 99.2. The summed E-state index contributed by atoms with van der Waals surface area (Å²) in [6.07, 6.45) is 5.95. The van der Waals surface area contributed by atoms with Crippen molar-refractivity contribution < 1.29 is 52.7 Å². The summed E-state index contributed by atoms with van der Waals surface area (Å²) in [7, 11) is 0. The highest BCUT2D eigenvalue weighted by molar-refractivity contribution is 7.17. The number of rotatable bonds is 62. The molecule has 11 amide bonds. The van der Waals surface area contributed by atoms with Crippen LogP contribution in [0.15, 0.2) is 24.4 Å². The first-order valence-corrected chi connectivity index (χ1v) is 39.9. The third kappa shape index (κ3) is 47.3. The summed E-state index contributed by atoms with van der Waals surface area (Å²) in [6, 6.07) is -5.41. The molecular weight excluding hydrogens is 1540 g/mol. The fraction of sp³-hybridized carbons (Fsp3) is 0.629. The van der Waals surface area contributed by atoms with Crippen LogP contribution >= 0.6 is 11.3 Å². The third-order valence-electron chi connectivity index (χ3n) is 17.6. The van der Waals surface area contributed by atoms with Gasteiger partial charge in [-0.3, -0.25) is 90.6 Å². The van der Waals surface area contributed by atoms with E-state index in [4.69, 9.17) is 89.5 Å². The molecule has 0 aromatic carbocycles. The summed E-state index contributed by atoms with van der Waals surface area (Å²) in [4.78, 5) is 163. The molecule has 0 aliphatic rings. The van der Waals surface area contributed by atoms with Crippen LogP contribution in [0.3, 0.4) is 0 Å². The van der Waals surface area contributed by atoms with E-state index in [1.165, 1.54) is 11.3 Å². The second-order valence-electron chi connectivity index (χ2n) is 27.5. The number of aromatic nitrogens is 2. The van der Waals surface area contributed by atoms with Gasteiger partial charge in [0.15, 0.2) is 41.7 Å². The minimum absolute atomic E-state index is 0.00685. The number of thiophene rings is 1. The molecule has 0 aliphatic carbocycles. The van der Waals surface area contributed by atoms with E-state index in [1.807, 2.05) is 6.07 Å². The molecule has 46 nitrogen and oxygen atoms in total. The van der Waals surface area contributed by atoms with Crippen molar-refractivity contribution in [3.63, 3.8) is 0 Å². The molecular formula is C70H127N35O11S. The van der Waals surface area contributed by atoms with Gasteiger partial charge in [-0.2, -0.15) is 0 Å². The van der Waals surface area contributed by atoms with Crippen molar-refractivity contribution in [1.29, 1.82) is 37.9 Å². The van der Waals surface area contributed by atoms with Crippen LogP contribution in [0.4, 0.5) is 0 Å². The number of nitrogens with one attached hydrogen (secondary N) is 24. The van der Waals surface area contributed by atoms with Gasteiger partial charge in [0.25, 0.3) is 5.91 Å². The molecule has 8 atom stereocenters. The fourth-order valence-electron chi connectivity index (χ4n) is 11.5. The molecule has 654 valence electrons. The van der Waals surface area contributed by atoms with E-state index >= 15 is 0 Å². The number of nitrogens with zero attached hydrogens (tertiary/aromatic N) is 2. The molecule has 0 spiro atoms. The van der Waals surface area contributed by atoms with E-state index in [2.05, 4.69) is 100 Å². The van der Waals surface area contributed by atoms with Crippen molar-refractivity contribution in [3.05, 3.63) is 35.1 Å². The maximum Gasteiger partial charge on any atom is 0.261 e. The number of amides is 11.